The maximum atomic E-state index is 6.44. The monoisotopic (exact) mass is 425 g/mol. The van der Waals surface area contributed by atoms with E-state index in [-0.39, 0.29) is 0 Å². The summed E-state index contributed by atoms with van der Waals surface area (Å²) in [4.78, 5) is 4.68. The van der Waals surface area contributed by atoms with Crippen molar-refractivity contribution in [1.29, 1.82) is 0 Å². The van der Waals surface area contributed by atoms with Crippen LogP contribution in [0.15, 0.2) is 114 Å². The van der Waals surface area contributed by atoms with Crippen molar-refractivity contribution in [1.82, 2.24) is 4.98 Å². The number of aromatic nitrogens is 1. The Morgan fingerprint density at radius 2 is 1.48 bits per heavy atom. The summed E-state index contributed by atoms with van der Waals surface area (Å²) in [7, 11) is 0. The fourth-order valence-corrected chi connectivity index (χ4v) is 4.49. The molecule has 0 atom stereocenters. The van der Waals surface area contributed by atoms with Crippen LogP contribution in [0.4, 0.5) is 0 Å². The van der Waals surface area contributed by atoms with Gasteiger partial charge < -0.3 is 4.42 Å². The molecular weight excluding hydrogens is 402 g/mol. The highest BCUT2D eigenvalue weighted by atomic mass is 16.3. The molecule has 0 N–H and O–H groups in total. The number of fused-ring (bicyclic) bond motifs is 3. The zero-order chi connectivity index (χ0) is 22.2. The number of pyridine rings is 1. The van der Waals surface area contributed by atoms with Crippen molar-refractivity contribution in [2.75, 3.05) is 0 Å². The van der Waals surface area contributed by atoms with E-state index in [1.807, 2.05) is 12.3 Å². The van der Waals surface area contributed by atoms with Gasteiger partial charge in [0.1, 0.15) is 11.2 Å². The number of rotatable bonds is 4. The number of nitrogens with zero attached hydrogens (tertiary/aromatic N) is 1. The minimum atomic E-state index is 0.881. The van der Waals surface area contributed by atoms with Gasteiger partial charge in [0.2, 0.25) is 0 Å². The molecule has 6 aromatic rings. The lowest BCUT2D eigenvalue weighted by atomic mass is 10.0. The van der Waals surface area contributed by atoms with Crippen molar-refractivity contribution in [2.45, 2.75) is 13.3 Å². The summed E-state index contributed by atoms with van der Waals surface area (Å²) >= 11 is 0. The van der Waals surface area contributed by atoms with Crippen LogP contribution in [-0.4, -0.2) is 4.98 Å². The highest BCUT2D eigenvalue weighted by Gasteiger charge is 2.14. The van der Waals surface area contributed by atoms with Gasteiger partial charge in [-0.05, 0) is 65.9 Å². The molecule has 2 nitrogen and oxygen atoms in total. The van der Waals surface area contributed by atoms with Gasteiger partial charge in [-0.15, -0.1) is 0 Å². The molecule has 0 spiro atoms. The quantitative estimate of drug-likeness (QED) is 0.284. The van der Waals surface area contributed by atoms with Gasteiger partial charge in [0.15, 0.2) is 0 Å². The molecule has 2 aromatic heterocycles. The highest BCUT2D eigenvalue weighted by molar-refractivity contribution is 6.10. The van der Waals surface area contributed by atoms with Gasteiger partial charge >= 0.3 is 0 Å². The normalized spacial score (nSPS) is 11.3. The Kier molecular flexibility index (Phi) is 4.77. The van der Waals surface area contributed by atoms with E-state index in [4.69, 9.17) is 4.42 Å². The van der Waals surface area contributed by atoms with E-state index in [0.29, 0.717) is 0 Å². The minimum Gasteiger partial charge on any atom is -0.455 e. The lowest BCUT2D eigenvalue weighted by Crippen LogP contribution is -1.91. The van der Waals surface area contributed by atoms with E-state index < -0.39 is 0 Å². The second-order valence-electron chi connectivity index (χ2n) is 8.57. The zero-order valence-corrected chi connectivity index (χ0v) is 18.5. The van der Waals surface area contributed by atoms with E-state index in [1.54, 1.807) is 0 Å². The lowest BCUT2D eigenvalue weighted by Gasteiger charge is -2.06. The molecule has 0 aliphatic carbocycles. The number of para-hydroxylation sites is 1. The van der Waals surface area contributed by atoms with Crippen molar-refractivity contribution in [3.8, 4) is 22.4 Å². The third-order valence-electron chi connectivity index (χ3n) is 6.24. The standard InChI is InChI=1S/C31H23NO/c1-21-10-12-24(13-11-21)25-14-15-26-27-8-5-9-28(31(27)33-30(26)20-25)29-19-23(16-17-32-29)18-22-6-3-2-4-7-22/h2-17,19-20H,18H2,1H3. The van der Waals surface area contributed by atoms with E-state index in [0.717, 1.165) is 45.2 Å². The van der Waals surface area contributed by atoms with E-state index >= 15 is 0 Å². The Morgan fingerprint density at radius 1 is 0.667 bits per heavy atom. The first-order chi connectivity index (χ1) is 16.2. The van der Waals surface area contributed by atoms with Crippen LogP contribution in [-0.2, 0) is 6.42 Å². The summed E-state index contributed by atoms with van der Waals surface area (Å²) in [6, 6.07) is 36.2. The largest absolute Gasteiger partial charge is 0.455 e. The summed E-state index contributed by atoms with van der Waals surface area (Å²) in [6.07, 6.45) is 2.77. The molecule has 0 aliphatic heterocycles. The van der Waals surface area contributed by atoms with Crippen LogP contribution in [0.25, 0.3) is 44.3 Å². The molecule has 0 amide bonds. The predicted molar refractivity (Wildman–Crippen MR) is 136 cm³/mol. The molecule has 4 aromatic carbocycles. The smallest absolute Gasteiger partial charge is 0.144 e. The summed E-state index contributed by atoms with van der Waals surface area (Å²) in [6.45, 7) is 2.11. The van der Waals surface area contributed by atoms with Gasteiger partial charge in [0.25, 0.3) is 0 Å². The summed E-state index contributed by atoms with van der Waals surface area (Å²) in [5, 5.41) is 2.25. The Labute approximate surface area is 193 Å². The first-order valence-corrected chi connectivity index (χ1v) is 11.3. The number of hydrogen-bond acceptors (Lipinski definition) is 2. The molecule has 0 radical (unpaired) electrons. The highest BCUT2D eigenvalue weighted by Crippen LogP contribution is 2.37. The number of benzene rings is 4. The second kappa shape index (κ2) is 8.07. The average Bonchev–Trinajstić information content (AvgIpc) is 3.23. The van der Waals surface area contributed by atoms with Crippen LogP contribution in [0, 0.1) is 6.92 Å². The van der Waals surface area contributed by atoms with Gasteiger partial charge in [0, 0.05) is 22.5 Å². The van der Waals surface area contributed by atoms with Crippen LogP contribution in [0.3, 0.4) is 0 Å². The molecule has 0 saturated carbocycles. The molecule has 0 aliphatic rings. The molecule has 158 valence electrons. The average molecular weight is 426 g/mol. The third-order valence-corrected chi connectivity index (χ3v) is 6.24. The predicted octanol–water partition coefficient (Wildman–Crippen LogP) is 8.21. The molecule has 33 heavy (non-hydrogen) atoms. The van der Waals surface area contributed by atoms with Crippen LogP contribution in [0.2, 0.25) is 0 Å². The Hall–Kier alpha value is -4.17. The number of hydrogen-bond donors (Lipinski definition) is 0. The molecule has 2 heterocycles. The van der Waals surface area contributed by atoms with Crippen LogP contribution in [0.1, 0.15) is 16.7 Å². The summed E-state index contributed by atoms with van der Waals surface area (Å²) in [5.41, 5.74) is 9.89. The Balaban J connectivity index is 1.44. The van der Waals surface area contributed by atoms with E-state index in [2.05, 4.69) is 109 Å². The summed E-state index contributed by atoms with van der Waals surface area (Å²) in [5.74, 6) is 0. The van der Waals surface area contributed by atoms with E-state index in [9.17, 15) is 0 Å². The van der Waals surface area contributed by atoms with Gasteiger partial charge in [0.05, 0.1) is 5.69 Å². The van der Waals surface area contributed by atoms with Crippen molar-refractivity contribution in [2.24, 2.45) is 0 Å². The minimum absolute atomic E-state index is 0.881. The van der Waals surface area contributed by atoms with Gasteiger partial charge in [-0.25, -0.2) is 0 Å². The molecule has 0 unspecified atom stereocenters. The fraction of sp³-hybridized carbons (Fsp3) is 0.0645. The molecule has 0 bridgehead atoms. The van der Waals surface area contributed by atoms with Crippen molar-refractivity contribution in [3.63, 3.8) is 0 Å². The maximum absolute atomic E-state index is 6.44. The molecule has 0 saturated heterocycles. The number of aryl methyl sites for hydroxylation is 1. The summed E-state index contributed by atoms with van der Waals surface area (Å²) < 4.78 is 6.44. The molecule has 0 fully saturated rings. The molecule has 6 rings (SSSR count). The second-order valence-corrected chi connectivity index (χ2v) is 8.57. The fourth-order valence-electron chi connectivity index (χ4n) is 4.49. The van der Waals surface area contributed by atoms with E-state index in [1.165, 1.54) is 22.3 Å². The number of furan rings is 1. The van der Waals surface area contributed by atoms with Crippen LogP contribution < -0.4 is 0 Å². The van der Waals surface area contributed by atoms with Crippen molar-refractivity contribution >= 4 is 21.9 Å². The SMILES string of the molecule is Cc1ccc(-c2ccc3c(c2)oc2c(-c4cc(Cc5ccccc5)ccn4)cccc23)cc1. The van der Waals surface area contributed by atoms with Gasteiger partial charge in [-0.1, -0.05) is 78.4 Å². The van der Waals surface area contributed by atoms with Gasteiger partial charge in [-0.2, -0.15) is 0 Å². The van der Waals surface area contributed by atoms with Crippen molar-refractivity contribution in [3.05, 3.63) is 126 Å². The van der Waals surface area contributed by atoms with Crippen LogP contribution in [0.5, 0.6) is 0 Å². The molecule has 2 heteroatoms. The third kappa shape index (κ3) is 3.70. The maximum Gasteiger partial charge on any atom is 0.144 e. The molecular formula is C31H23NO. The Morgan fingerprint density at radius 3 is 2.33 bits per heavy atom. The lowest BCUT2D eigenvalue weighted by molar-refractivity contribution is 0.670. The van der Waals surface area contributed by atoms with Crippen molar-refractivity contribution < 1.29 is 4.42 Å². The zero-order valence-electron chi connectivity index (χ0n) is 18.5. The Bertz CT molecular complexity index is 1580. The van der Waals surface area contributed by atoms with Gasteiger partial charge in [-0.3, -0.25) is 4.98 Å². The first kappa shape index (κ1) is 19.5. The first-order valence-electron chi connectivity index (χ1n) is 11.3. The van der Waals surface area contributed by atoms with Crippen LogP contribution >= 0.6 is 0 Å². The topological polar surface area (TPSA) is 26.0 Å².